The SMILES string of the molecule is CN1CCN(CCOOC(=O)c2cncc(-c3cnccc3-c3nc(C(F)(F)F)cs3)c2)CC1. The van der Waals surface area contributed by atoms with Gasteiger partial charge in [0.05, 0.1) is 5.56 Å². The molecule has 0 atom stereocenters. The van der Waals surface area contributed by atoms with Crippen LogP contribution in [0.4, 0.5) is 13.2 Å². The highest BCUT2D eigenvalue weighted by molar-refractivity contribution is 7.13. The van der Waals surface area contributed by atoms with Crippen LogP contribution >= 0.6 is 11.3 Å². The molecular weight excluding hydrogens is 471 g/mol. The number of rotatable bonds is 7. The van der Waals surface area contributed by atoms with Crippen molar-refractivity contribution in [2.45, 2.75) is 6.18 Å². The number of halogens is 3. The summed E-state index contributed by atoms with van der Waals surface area (Å²) >= 11 is 0.877. The summed E-state index contributed by atoms with van der Waals surface area (Å²) in [5.41, 5.74) is 0.607. The second kappa shape index (κ2) is 10.6. The number of aromatic nitrogens is 3. The zero-order valence-electron chi connectivity index (χ0n) is 18.3. The number of pyridine rings is 2. The maximum Gasteiger partial charge on any atom is 0.434 e. The maximum atomic E-state index is 13.0. The third-order valence-corrected chi connectivity index (χ3v) is 6.23. The van der Waals surface area contributed by atoms with Gasteiger partial charge in [-0.25, -0.2) is 9.78 Å². The molecule has 0 amide bonds. The Kier molecular flexibility index (Phi) is 7.51. The quantitative estimate of drug-likeness (QED) is 0.281. The molecule has 1 aliphatic heterocycles. The summed E-state index contributed by atoms with van der Waals surface area (Å²) in [4.78, 5) is 38.8. The molecule has 1 aliphatic rings. The van der Waals surface area contributed by atoms with Crippen molar-refractivity contribution in [3.05, 3.63) is 53.6 Å². The fourth-order valence-electron chi connectivity index (χ4n) is 3.42. The minimum Gasteiger partial charge on any atom is -0.304 e. The molecule has 0 N–H and O–H groups in total. The summed E-state index contributed by atoms with van der Waals surface area (Å²) in [6.45, 7) is 4.70. The Morgan fingerprint density at radius 2 is 1.91 bits per heavy atom. The van der Waals surface area contributed by atoms with Gasteiger partial charge in [-0.1, -0.05) is 0 Å². The van der Waals surface area contributed by atoms with E-state index in [2.05, 4.69) is 31.8 Å². The molecule has 0 aromatic carbocycles. The molecule has 4 rings (SSSR count). The number of nitrogens with zero attached hydrogens (tertiary/aromatic N) is 5. The molecule has 1 fully saturated rings. The smallest absolute Gasteiger partial charge is 0.304 e. The molecule has 0 radical (unpaired) electrons. The fourth-order valence-corrected chi connectivity index (χ4v) is 4.28. The monoisotopic (exact) mass is 493 g/mol. The number of carbonyl (C=O) groups is 1. The maximum absolute atomic E-state index is 13.0. The van der Waals surface area contributed by atoms with Crippen LogP contribution in [-0.4, -0.2) is 77.1 Å². The second-order valence-electron chi connectivity index (χ2n) is 7.76. The molecule has 0 unspecified atom stereocenters. The van der Waals surface area contributed by atoms with E-state index in [4.69, 9.17) is 9.78 Å². The third kappa shape index (κ3) is 5.95. The van der Waals surface area contributed by atoms with Crippen LogP contribution in [0, 0.1) is 0 Å². The molecule has 1 saturated heterocycles. The largest absolute Gasteiger partial charge is 0.434 e. The third-order valence-electron chi connectivity index (χ3n) is 5.35. The van der Waals surface area contributed by atoms with E-state index in [1.54, 1.807) is 6.07 Å². The number of hydrogen-bond donors (Lipinski definition) is 0. The van der Waals surface area contributed by atoms with Crippen LogP contribution in [0.5, 0.6) is 0 Å². The van der Waals surface area contributed by atoms with E-state index < -0.39 is 17.8 Å². The van der Waals surface area contributed by atoms with Crippen molar-refractivity contribution in [2.75, 3.05) is 46.4 Å². The zero-order valence-corrected chi connectivity index (χ0v) is 19.1. The molecule has 8 nitrogen and oxygen atoms in total. The van der Waals surface area contributed by atoms with Gasteiger partial charge in [-0.15, -0.1) is 11.3 Å². The molecule has 4 heterocycles. The first-order valence-electron chi connectivity index (χ1n) is 10.5. The first-order chi connectivity index (χ1) is 16.3. The lowest BCUT2D eigenvalue weighted by atomic mass is 10.0. The Morgan fingerprint density at radius 1 is 1.12 bits per heavy atom. The molecule has 180 valence electrons. The number of piperazine rings is 1. The molecule has 34 heavy (non-hydrogen) atoms. The summed E-state index contributed by atoms with van der Waals surface area (Å²) in [6, 6.07) is 3.10. The van der Waals surface area contributed by atoms with E-state index in [0.29, 0.717) is 23.2 Å². The van der Waals surface area contributed by atoms with Crippen LogP contribution < -0.4 is 0 Å². The van der Waals surface area contributed by atoms with Crippen molar-refractivity contribution in [2.24, 2.45) is 0 Å². The van der Waals surface area contributed by atoms with Gasteiger partial charge in [-0.2, -0.15) is 18.1 Å². The Bertz CT molecular complexity index is 1130. The molecule has 3 aromatic rings. The van der Waals surface area contributed by atoms with Crippen molar-refractivity contribution in [1.29, 1.82) is 0 Å². The predicted octanol–water partition coefficient (Wildman–Crippen LogP) is 3.62. The van der Waals surface area contributed by atoms with Gasteiger partial charge >= 0.3 is 12.1 Å². The highest BCUT2D eigenvalue weighted by atomic mass is 32.1. The first kappa shape index (κ1) is 24.2. The topological polar surface area (TPSA) is 80.7 Å². The van der Waals surface area contributed by atoms with Crippen LogP contribution in [0.3, 0.4) is 0 Å². The van der Waals surface area contributed by atoms with Gasteiger partial charge in [-0.3, -0.25) is 19.8 Å². The first-order valence-corrected chi connectivity index (χ1v) is 11.4. The van der Waals surface area contributed by atoms with Gasteiger partial charge in [0.2, 0.25) is 0 Å². The number of thiazole rings is 1. The van der Waals surface area contributed by atoms with Gasteiger partial charge in [0.1, 0.15) is 11.6 Å². The van der Waals surface area contributed by atoms with E-state index in [0.717, 1.165) is 42.9 Å². The fraction of sp³-hybridized carbons (Fsp3) is 0.364. The van der Waals surface area contributed by atoms with Gasteiger partial charge in [-0.05, 0) is 19.2 Å². The van der Waals surface area contributed by atoms with Crippen molar-refractivity contribution in [3.63, 3.8) is 0 Å². The van der Waals surface area contributed by atoms with Gasteiger partial charge in [0.15, 0.2) is 5.69 Å². The Labute approximate surface area is 197 Å². The normalized spacial score (nSPS) is 15.4. The Morgan fingerprint density at radius 3 is 2.65 bits per heavy atom. The van der Waals surface area contributed by atoms with Crippen molar-refractivity contribution < 1.29 is 27.7 Å². The number of likely N-dealkylation sites (N-methyl/N-ethyl adjacent to an activating group) is 1. The van der Waals surface area contributed by atoms with Gasteiger partial charge < -0.3 is 4.90 Å². The second-order valence-corrected chi connectivity index (χ2v) is 8.61. The van der Waals surface area contributed by atoms with E-state index in [-0.39, 0.29) is 17.2 Å². The minimum absolute atomic E-state index is 0.141. The summed E-state index contributed by atoms with van der Waals surface area (Å²) < 4.78 is 39.0. The Balaban J connectivity index is 1.42. The lowest BCUT2D eigenvalue weighted by Gasteiger charge is -2.31. The van der Waals surface area contributed by atoms with E-state index in [1.807, 2.05) is 0 Å². The number of carbonyl (C=O) groups excluding carboxylic acids is 1. The predicted molar refractivity (Wildman–Crippen MR) is 119 cm³/mol. The highest BCUT2D eigenvalue weighted by Gasteiger charge is 2.34. The minimum atomic E-state index is -4.53. The van der Waals surface area contributed by atoms with E-state index in [1.165, 1.54) is 30.9 Å². The van der Waals surface area contributed by atoms with E-state index in [9.17, 15) is 18.0 Å². The van der Waals surface area contributed by atoms with Gasteiger partial charge in [0, 0.05) is 79.6 Å². The number of hydrogen-bond acceptors (Lipinski definition) is 9. The average molecular weight is 494 g/mol. The lowest BCUT2D eigenvalue weighted by Crippen LogP contribution is -2.45. The molecule has 0 saturated carbocycles. The number of alkyl halides is 3. The van der Waals surface area contributed by atoms with Crippen LogP contribution in [0.2, 0.25) is 0 Å². The highest BCUT2D eigenvalue weighted by Crippen LogP contribution is 2.37. The molecular formula is C22H22F3N5O3S. The van der Waals surface area contributed by atoms with Crippen molar-refractivity contribution >= 4 is 17.3 Å². The standard InChI is InChI=1S/C22H22F3N5O3S/c1-29-4-6-30(7-5-29)8-9-32-33-21(31)16-10-15(11-27-12-16)18-13-26-3-2-17(18)20-28-19(14-34-20)22(23,24)25/h2-3,10-14H,4-9H2,1H3. The summed E-state index contributed by atoms with van der Waals surface area (Å²) in [5.74, 6) is -0.716. The van der Waals surface area contributed by atoms with Crippen LogP contribution in [0.15, 0.2) is 42.3 Å². The molecule has 12 heteroatoms. The van der Waals surface area contributed by atoms with Crippen molar-refractivity contribution in [3.8, 4) is 21.7 Å². The lowest BCUT2D eigenvalue weighted by molar-refractivity contribution is -0.242. The molecule has 0 aliphatic carbocycles. The van der Waals surface area contributed by atoms with Gasteiger partial charge in [0.25, 0.3) is 0 Å². The van der Waals surface area contributed by atoms with Crippen molar-refractivity contribution in [1.82, 2.24) is 24.8 Å². The molecule has 0 bridgehead atoms. The summed E-state index contributed by atoms with van der Waals surface area (Å²) in [5, 5.41) is 1.15. The summed E-state index contributed by atoms with van der Waals surface area (Å²) in [7, 11) is 2.07. The van der Waals surface area contributed by atoms with Crippen LogP contribution in [0.1, 0.15) is 16.1 Å². The zero-order chi connectivity index (χ0) is 24.1. The van der Waals surface area contributed by atoms with E-state index >= 15 is 0 Å². The Hall–Kier alpha value is -2.93. The summed E-state index contributed by atoms with van der Waals surface area (Å²) in [6.07, 6.45) is 1.24. The average Bonchev–Trinajstić information content (AvgIpc) is 3.34. The molecule has 3 aromatic heterocycles. The molecule has 0 spiro atoms. The van der Waals surface area contributed by atoms with Crippen LogP contribution in [0.25, 0.3) is 21.7 Å². The van der Waals surface area contributed by atoms with Crippen LogP contribution in [-0.2, 0) is 16.0 Å².